The van der Waals surface area contributed by atoms with Crippen LogP contribution in [0.2, 0.25) is 5.02 Å². The Labute approximate surface area is 118 Å². The molecule has 0 heterocycles. The average molecular weight is 285 g/mol. The second-order valence-electron chi connectivity index (χ2n) is 4.20. The van der Waals surface area contributed by atoms with E-state index >= 15 is 0 Å². The van der Waals surface area contributed by atoms with Gasteiger partial charge in [0.2, 0.25) is 0 Å². The number of halogens is 1. The van der Waals surface area contributed by atoms with E-state index in [2.05, 4.69) is 5.32 Å². The first-order chi connectivity index (χ1) is 8.45. The maximum atomic E-state index is 12.1. The summed E-state index contributed by atoms with van der Waals surface area (Å²) in [6.07, 6.45) is 1.62. The Bertz CT molecular complexity index is 462. The monoisotopic (exact) mass is 284 g/mol. The van der Waals surface area contributed by atoms with Gasteiger partial charge in [-0.15, -0.1) is 0 Å². The van der Waals surface area contributed by atoms with Gasteiger partial charge in [-0.2, -0.15) is 0 Å². The lowest BCUT2D eigenvalue weighted by atomic mass is 10.1. The van der Waals surface area contributed by atoms with Crippen LogP contribution >= 0.6 is 23.8 Å². The highest BCUT2D eigenvalue weighted by Gasteiger charge is 2.17. The van der Waals surface area contributed by atoms with Crippen LogP contribution in [-0.4, -0.2) is 16.9 Å². The third-order valence-corrected chi connectivity index (χ3v) is 3.19. The Balaban J connectivity index is 2.83. The molecule has 98 valence electrons. The smallest absolute Gasteiger partial charge is 0.253 e. The molecule has 5 heteroatoms. The number of aryl methyl sites for hydroxylation is 1. The Morgan fingerprint density at radius 1 is 1.56 bits per heavy atom. The normalized spacial score (nSPS) is 11.9. The highest BCUT2D eigenvalue weighted by molar-refractivity contribution is 7.80. The van der Waals surface area contributed by atoms with Crippen LogP contribution in [0.15, 0.2) is 18.2 Å². The molecule has 3 nitrogen and oxygen atoms in total. The average Bonchev–Trinajstić information content (AvgIpc) is 2.27. The van der Waals surface area contributed by atoms with Crippen molar-refractivity contribution in [3.05, 3.63) is 34.3 Å². The lowest BCUT2D eigenvalue weighted by Gasteiger charge is -2.17. The van der Waals surface area contributed by atoms with Crippen molar-refractivity contribution in [2.24, 2.45) is 5.73 Å². The predicted octanol–water partition coefficient (Wildman–Crippen LogP) is 2.83. The van der Waals surface area contributed by atoms with E-state index in [1.807, 2.05) is 19.9 Å². The van der Waals surface area contributed by atoms with E-state index in [1.165, 1.54) is 0 Å². The van der Waals surface area contributed by atoms with Crippen LogP contribution in [0.3, 0.4) is 0 Å². The zero-order chi connectivity index (χ0) is 13.7. The zero-order valence-electron chi connectivity index (χ0n) is 10.5. The summed E-state index contributed by atoms with van der Waals surface area (Å²) < 4.78 is 0. The number of nitrogens with one attached hydrogen (secondary N) is 1. The van der Waals surface area contributed by atoms with Crippen molar-refractivity contribution in [3.63, 3.8) is 0 Å². The van der Waals surface area contributed by atoms with Crippen LogP contribution in [0.5, 0.6) is 0 Å². The molecular formula is C13H17ClN2OS. The van der Waals surface area contributed by atoms with Gasteiger partial charge in [-0.1, -0.05) is 43.2 Å². The van der Waals surface area contributed by atoms with Gasteiger partial charge in [-0.3, -0.25) is 4.79 Å². The lowest BCUT2D eigenvalue weighted by molar-refractivity contribution is 0.0946. The topological polar surface area (TPSA) is 55.1 Å². The minimum Gasteiger partial charge on any atom is -0.392 e. The van der Waals surface area contributed by atoms with Gasteiger partial charge in [0.05, 0.1) is 21.6 Å². The molecule has 1 aromatic rings. The van der Waals surface area contributed by atoms with Gasteiger partial charge in [0.25, 0.3) is 5.91 Å². The highest BCUT2D eigenvalue weighted by atomic mass is 35.5. The molecule has 0 spiro atoms. The van der Waals surface area contributed by atoms with E-state index in [-0.39, 0.29) is 11.9 Å². The molecule has 1 aromatic carbocycles. The molecular weight excluding hydrogens is 268 g/mol. The molecule has 0 bridgehead atoms. The van der Waals surface area contributed by atoms with Crippen molar-refractivity contribution < 1.29 is 4.79 Å². The summed E-state index contributed by atoms with van der Waals surface area (Å²) in [6, 6.07) is 5.02. The number of nitrogens with two attached hydrogens (primary N) is 1. The summed E-state index contributed by atoms with van der Waals surface area (Å²) in [5.41, 5.74) is 7.05. The fourth-order valence-electron chi connectivity index (χ4n) is 1.61. The zero-order valence-corrected chi connectivity index (χ0v) is 12.1. The molecule has 0 aliphatic heterocycles. The van der Waals surface area contributed by atoms with E-state index in [0.717, 1.165) is 18.4 Å². The number of rotatable bonds is 5. The second-order valence-corrected chi connectivity index (χ2v) is 5.08. The van der Waals surface area contributed by atoms with Crippen molar-refractivity contribution in [1.29, 1.82) is 0 Å². The fourth-order valence-corrected chi connectivity index (χ4v) is 2.11. The summed E-state index contributed by atoms with van der Waals surface area (Å²) in [5.74, 6) is -0.244. The van der Waals surface area contributed by atoms with Gasteiger partial charge in [-0.05, 0) is 31.0 Å². The first-order valence-electron chi connectivity index (χ1n) is 5.82. The minimum absolute atomic E-state index is 0.244. The number of benzene rings is 1. The van der Waals surface area contributed by atoms with Crippen molar-refractivity contribution in [3.8, 4) is 0 Å². The first-order valence-corrected chi connectivity index (χ1v) is 6.60. The summed E-state index contributed by atoms with van der Waals surface area (Å²) in [4.78, 5) is 12.4. The maximum Gasteiger partial charge on any atom is 0.253 e. The number of carbonyl (C=O) groups excluding carboxylic acids is 1. The summed E-state index contributed by atoms with van der Waals surface area (Å²) in [7, 11) is 0. The van der Waals surface area contributed by atoms with Crippen LogP contribution in [-0.2, 0) is 0 Å². The summed E-state index contributed by atoms with van der Waals surface area (Å²) in [6.45, 7) is 3.93. The molecule has 0 aromatic heterocycles. The molecule has 0 saturated heterocycles. The molecule has 1 atom stereocenters. The molecule has 18 heavy (non-hydrogen) atoms. The largest absolute Gasteiger partial charge is 0.392 e. The van der Waals surface area contributed by atoms with Crippen molar-refractivity contribution >= 4 is 34.7 Å². The minimum atomic E-state index is -0.283. The second kappa shape index (κ2) is 6.71. The first kappa shape index (κ1) is 14.9. The molecule has 0 aliphatic rings. The van der Waals surface area contributed by atoms with Crippen LogP contribution in [0.25, 0.3) is 0 Å². The Kier molecular flexibility index (Phi) is 5.56. The number of carbonyl (C=O) groups is 1. The predicted molar refractivity (Wildman–Crippen MR) is 79.1 cm³/mol. The lowest BCUT2D eigenvalue weighted by Crippen LogP contribution is -2.43. The van der Waals surface area contributed by atoms with E-state index in [9.17, 15) is 4.79 Å². The third-order valence-electron chi connectivity index (χ3n) is 2.60. The van der Waals surface area contributed by atoms with Gasteiger partial charge < -0.3 is 11.1 Å². The highest BCUT2D eigenvalue weighted by Crippen LogP contribution is 2.17. The van der Waals surface area contributed by atoms with E-state index in [0.29, 0.717) is 15.6 Å². The summed E-state index contributed by atoms with van der Waals surface area (Å²) in [5, 5.41) is 3.24. The van der Waals surface area contributed by atoms with Crippen molar-refractivity contribution in [2.75, 3.05) is 0 Å². The van der Waals surface area contributed by atoms with Crippen molar-refractivity contribution in [1.82, 2.24) is 5.32 Å². The Hall–Kier alpha value is -1.13. The Morgan fingerprint density at radius 3 is 2.72 bits per heavy atom. The van der Waals surface area contributed by atoms with Crippen molar-refractivity contribution in [2.45, 2.75) is 32.7 Å². The van der Waals surface area contributed by atoms with E-state index < -0.39 is 0 Å². The third kappa shape index (κ3) is 3.96. The van der Waals surface area contributed by atoms with Gasteiger partial charge in [0.15, 0.2) is 0 Å². The van der Waals surface area contributed by atoms with Crippen LogP contribution in [0, 0.1) is 6.92 Å². The molecule has 0 aliphatic carbocycles. The number of hydrogen-bond donors (Lipinski definition) is 2. The fraction of sp³-hybridized carbons (Fsp3) is 0.385. The van der Waals surface area contributed by atoms with Crippen LogP contribution in [0.1, 0.15) is 35.7 Å². The number of thiocarbonyl (C=S) groups is 1. The van der Waals surface area contributed by atoms with Gasteiger partial charge in [0, 0.05) is 0 Å². The van der Waals surface area contributed by atoms with Crippen LogP contribution in [0.4, 0.5) is 0 Å². The molecule has 1 unspecified atom stereocenters. The van der Waals surface area contributed by atoms with Gasteiger partial charge >= 0.3 is 0 Å². The standard InChI is InChI=1S/C13H17ClN2OS/c1-3-4-11(12(15)18)16-13(17)9-6-5-8(2)7-10(9)14/h5-7,11H,3-4H2,1-2H3,(H2,15,18)(H,16,17). The van der Waals surface area contributed by atoms with Gasteiger partial charge in [0.1, 0.15) is 0 Å². The van der Waals surface area contributed by atoms with Crippen LogP contribution < -0.4 is 11.1 Å². The summed E-state index contributed by atoms with van der Waals surface area (Å²) >= 11 is 11.0. The number of amides is 1. The Morgan fingerprint density at radius 2 is 2.22 bits per heavy atom. The molecule has 0 saturated carbocycles. The van der Waals surface area contributed by atoms with Gasteiger partial charge in [-0.25, -0.2) is 0 Å². The molecule has 1 rings (SSSR count). The number of hydrogen-bond acceptors (Lipinski definition) is 2. The van der Waals surface area contributed by atoms with E-state index in [4.69, 9.17) is 29.6 Å². The maximum absolute atomic E-state index is 12.1. The van der Waals surface area contributed by atoms with E-state index in [1.54, 1.807) is 12.1 Å². The molecule has 0 fully saturated rings. The molecule has 0 radical (unpaired) electrons. The molecule has 1 amide bonds. The molecule has 3 N–H and O–H groups in total. The quantitative estimate of drug-likeness (QED) is 0.818. The SMILES string of the molecule is CCCC(NC(=O)c1ccc(C)cc1Cl)C(N)=S.